The minimum atomic E-state index is -1.21. The van der Waals surface area contributed by atoms with Gasteiger partial charge in [-0.15, -0.1) is 0 Å². The maximum atomic E-state index is 13.4. The molecule has 0 aliphatic carbocycles. The summed E-state index contributed by atoms with van der Waals surface area (Å²) < 4.78 is 16.4. The number of ether oxygens (including phenoxy) is 3. The van der Waals surface area contributed by atoms with Crippen LogP contribution in [0.3, 0.4) is 0 Å². The molecule has 13 heteroatoms. The zero-order valence-corrected chi connectivity index (χ0v) is 23.7. The number of carbonyl (C=O) groups is 4. The van der Waals surface area contributed by atoms with E-state index in [0.717, 1.165) is 35.1 Å². The summed E-state index contributed by atoms with van der Waals surface area (Å²) in [6.07, 6.45) is -2.23. The zero-order valence-electron chi connectivity index (χ0n) is 23.7. The predicted molar refractivity (Wildman–Crippen MR) is 143 cm³/mol. The van der Waals surface area contributed by atoms with Crippen LogP contribution in [0.15, 0.2) is 12.1 Å². The number of aromatic nitrogens is 1. The van der Waals surface area contributed by atoms with Gasteiger partial charge < -0.3 is 34.4 Å². The monoisotopic (exact) mass is 561 g/mol. The summed E-state index contributed by atoms with van der Waals surface area (Å²) in [5.74, 6) is -1.28. The Hall–Kier alpha value is -3.61. The molecule has 3 aliphatic rings. The lowest BCUT2D eigenvalue weighted by atomic mass is 10.0. The molecular formula is C27H39N5O8. The summed E-state index contributed by atoms with van der Waals surface area (Å²) in [6.45, 7) is 11.9. The number of aliphatic carboxylic acids is 1. The number of likely N-dealkylation sites (tertiary alicyclic amines) is 1. The molecule has 0 aromatic carbocycles. The Balaban J connectivity index is 1.38. The number of carbonyl (C=O) groups excluding carboxylic acids is 3. The van der Waals surface area contributed by atoms with E-state index in [-0.39, 0.29) is 25.4 Å². The van der Waals surface area contributed by atoms with Crippen molar-refractivity contribution in [3.63, 3.8) is 0 Å². The smallest absolute Gasteiger partial charge is 0.410 e. The van der Waals surface area contributed by atoms with Crippen molar-refractivity contribution in [1.29, 1.82) is 0 Å². The van der Waals surface area contributed by atoms with E-state index in [9.17, 15) is 24.3 Å². The number of hydrogen-bond donors (Lipinski definition) is 2. The molecule has 4 heterocycles. The number of hydrogen-bond acceptors (Lipinski definition) is 9. The summed E-state index contributed by atoms with van der Waals surface area (Å²) in [6, 6.07) is 1.69. The third-order valence-electron chi connectivity index (χ3n) is 7.05. The fourth-order valence-electron chi connectivity index (χ4n) is 5.04. The van der Waals surface area contributed by atoms with E-state index in [1.807, 2.05) is 12.1 Å². The molecule has 2 fully saturated rings. The first-order valence-electron chi connectivity index (χ1n) is 13.6. The molecule has 2 N–H and O–H groups in total. The number of carboxylic acids is 1. The lowest BCUT2D eigenvalue weighted by molar-refractivity contribution is -0.149. The minimum absolute atomic E-state index is 0.0513. The molecule has 1 aromatic rings. The third-order valence-corrected chi connectivity index (χ3v) is 7.05. The number of fused-ring (bicyclic) bond motifs is 1. The maximum absolute atomic E-state index is 13.4. The van der Waals surface area contributed by atoms with Gasteiger partial charge in [0.05, 0.1) is 38.5 Å². The van der Waals surface area contributed by atoms with Crippen LogP contribution in [0, 0.1) is 5.92 Å². The molecule has 0 bridgehead atoms. The van der Waals surface area contributed by atoms with E-state index in [2.05, 4.69) is 10.2 Å². The first-order chi connectivity index (χ1) is 18.8. The molecule has 2 saturated heterocycles. The Bertz CT molecular complexity index is 1130. The summed E-state index contributed by atoms with van der Waals surface area (Å²) in [7, 11) is 0. The second-order valence-corrected chi connectivity index (χ2v) is 11.7. The summed E-state index contributed by atoms with van der Waals surface area (Å²) >= 11 is 0. The van der Waals surface area contributed by atoms with Crippen molar-refractivity contribution < 1.29 is 38.5 Å². The minimum Gasteiger partial charge on any atom is -0.480 e. The van der Waals surface area contributed by atoms with Crippen molar-refractivity contribution in [2.75, 3.05) is 37.7 Å². The van der Waals surface area contributed by atoms with Crippen molar-refractivity contribution in [2.45, 2.75) is 77.9 Å². The van der Waals surface area contributed by atoms with Crippen molar-refractivity contribution in [2.24, 2.45) is 5.92 Å². The van der Waals surface area contributed by atoms with E-state index >= 15 is 0 Å². The van der Waals surface area contributed by atoms with Gasteiger partial charge in [0, 0.05) is 19.5 Å². The summed E-state index contributed by atoms with van der Waals surface area (Å²) in [5.41, 5.74) is 0.953. The van der Waals surface area contributed by atoms with Crippen LogP contribution >= 0.6 is 0 Å². The van der Waals surface area contributed by atoms with E-state index in [1.165, 1.54) is 4.90 Å². The van der Waals surface area contributed by atoms with Gasteiger partial charge in [0.15, 0.2) is 0 Å². The van der Waals surface area contributed by atoms with Crippen molar-refractivity contribution in [3.05, 3.63) is 23.4 Å². The fourth-order valence-corrected chi connectivity index (χ4v) is 5.04. The number of morpholine rings is 1. The highest BCUT2D eigenvalue weighted by Crippen LogP contribution is 2.28. The maximum Gasteiger partial charge on any atom is 0.410 e. The van der Waals surface area contributed by atoms with E-state index < -0.39 is 47.9 Å². The topological polar surface area (TPSA) is 151 Å². The molecule has 4 rings (SSSR count). The number of anilines is 1. The van der Waals surface area contributed by atoms with Gasteiger partial charge in [-0.05, 0) is 38.3 Å². The van der Waals surface area contributed by atoms with Gasteiger partial charge >= 0.3 is 18.2 Å². The molecule has 220 valence electrons. The second kappa shape index (κ2) is 11.9. The lowest BCUT2D eigenvalue weighted by Gasteiger charge is -2.30. The van der Waals surface area contributed by atoms with Crippen LogP contribution < -0.4 is 10.2 Å². The van der Waals surface area contributed by atoms with Gasteiger partial charge in [-0.2, -0.15) is 0 Å². The van der Waals surface area contributed by atoms with Gasteiger partial charge in [-0.1, -0.05) is 19.9 Å². The van der Waals surface area contributed by atoms with E-state index in [1.54, 1.807) is 34.6 Å². The average molecular weight is 562 g/mol. The normalized spacial score (nSPS) is 21.7. The van der Waals surface area contributed by atoms with Gasteiger partial charge in [0.2, 0.25) is 5.91 Å². The van der Waals surface area contributed by atoms with Crippen molar-refractivity contribution >= 4 is 29.9 Å². The highest BCUT2D eigenvalue weighted by molar-refractivity contribution is 5.90. The Morgan fingerprint density at radius 1 is 1.12 bits per heavy atom. The molecule has 3 atom stereocenters. The molecular weight excluding hydrogens is 522 g/mol. The van der Waals surface area contributed by atoms with E-state index in [4.69, 9.17) is 19.2 Å². The molecule has 3 amide bonds. The molecule has 0 saturated carbocycles. The number of pyridine rings is 1. The SMILES string of the molecule is CC(C)[C@H](NC(=O)OC(C)(C)C)C(=O)N1C[C@H](OC(=O)N2Cc3ccc(N4CCOCC4)nc3C2)C[C@H]1C(=O)O. The Morgan fingerprint density at radius 3 is 2.45 bits per heavy atom. The molecule has 0 radical (unpaired) electrons. The third kappa shape index (κ3) is 6.93. The van der Waals surface area contributed by atoms with Crippen molar-refractivity contribution in [1.82, 2.24) is 20.1 Å². The molecule has 0 spiro atoms. The van der Waals surface area contributed by atoms with Crippen LogP contribution in [0.4, 0.5) is 15.4 Å². The number of rotatable bonds is 6. The Kier molecular flexibility index (Phi) is 8.71. The second-order valence-electron chi connectivity index (χ2n) is 11.7. The average Bonchev–Trinajstić information content (AvgIpc) is 3.50. The highest BCUT2D eigenvalue weighted by atomic mass is 16.6. The van der Waals surface area contributed by atoms with Gasteiger partial charge in [0.25, 0.3) is 0 Å². The van der Waals surface area contributed by atoms with Crippen LogP contribution in [0.25, 0.3) is 0 Å². The highest BCUT2D eigenvalue weighted by Gasteiger charge is 2.45. The Morgan fingerprint density at radius 2 is 1.82 bits per heavy atom. The number of nitrogens with zero attached hydrogens (tertiary/aromatic N) is 4. The predicted octanol–water partition coefficient (Wildman–Crippen LogP) is 1.97. The van der Waals surface area contributed by atoms with E-state index in [0.29, 0.717) is 19.8 Å². The first kappa shape index (κ1) is 29.4. The van der Waals surface area contributed by atoms with Crippen LogP contribution in [0.2, 0.25) is 0 Å². The molecule has 0 unspecified atom stereocenters. The van der Waals surface area contributed by atoms with Crippen LogP contribution in [0.1, 0.15) is 52.3 Å². The fraction of sp³-hybridized carbons (Fsp3) is 0.667. The molecule has 3 aliphatic heterocycles. The zero-order chi connectivity index (χ0) is 29.2. The van der Waals surface area contributed by atoms with Gasteiger partial charge in [-0.25, -0.2) is 19.4 Å². The molecule has 13 nitrogen and oxygen atoms in total. The van der Waals surface area contributed by atoms with Gasteiger partial charge in [-0.3, -0.25) is 9.69 Å². The summed E-state index contributed by atoms with van der Waals surface area (Å²) in [5, 5.41) is 12.4. The van der Waals surface area contributed by atoms with Crippen LogP contribution in [0.5, 0.6) is 0 Å². The van der Waals surface area contributed by atoms with Crippen LogP contribution in [-0.2, 0) is 36.9 Å². The number of amides is 3. The van der Waals surface area contributed by atoms with Crippen molar-refractivity contribution in [3.8, 4) is 0 Å². The summed E-state index contributed by atoms with van der Waals surface area (Å²) in [4.78, 5) is 60.4. The molecule has 1 aromatic heterocycles. The standard InChI is InChI=1S/C27H39N5O8/c1-16(2)22(29-25(36)40-27(3,4)5)23(33)32-14-18(12-20(32)24(34)35)39-26(37)31-13-17-6-7-21(28-19(17)15-31)30-8-10-38-11-9-30/h6-7,16,18,20,22H,8-15H2,1-5H3,(H,29,36)(H,34,35)/t18-,20+,22+/m1/s1. The first-order valence-corrected chi connectivity index (χ1v) is 13.6. The number of carboxylic acid groups (broad SMARTS) is 1. The largest absolute Gasteiger partial charge is 0.480 e. The van der Waals surface area contributed by atoms with Gasteiger partial charge in [0.1, 0.15) is 29.6 Å². The number of alkyl carbamates (subject to hydrolysis) is 1. The molecule has 40 heavy (non-hydrogen) atoms. The Labute approximate surface area is 233 Å². The lowest BCUT2D eigenvalue weighted by Crippen LogP contribution is -2.54. The number of nitrogens with one attached hydrogen (secondary N) is 1. The quantitative estimate of drug-likeness (QED) is 0.528. The van der Waals surface area contributed by atoms with Crippen LogP contribution in [-0.4, -0.2) is 101 Å².